The van der Waals surface area contributed by atoms with Crippen LogP contribution in [-0.2, 0) is 0 Å². The van der Waals surface area contributed by atoms with E-state index in [9.17, 15) is 9.90 Å². The van der Waals surface area contributed by atoms with E-state index < -0.39 is 0 Å². The highest BCUT2D eigenvalue weighted by Crippen LogP contribution is 2.04. The molecule has 18 heavy (non-hydrogen) atoms. The molecule has 0 amide bonds. The van der Waals surface area contributed by atoms with Gasteiger partial charge in [-0.05, 0) is 17.6 Å². The van der Waals surface area contributed by atoms with Crippen molar-refractivity contribution < 1.29 is 14.6 Å². The van der Waals surface area contributed by atoms with Crippen molar-refractivity contribution in [2.24, 2.45) is 5.10 Å². The average molecular weight is 240 g/mol. The summed E-state index contributed by atoms with van der Waals surface area (Å²) >= 11 is 0. The van der Waals surface area contributed by atoms with E-state index in [1.807, 2.05) is 6.07 Å². The maximum atomic E-state index is 11.8. The van der Waals surface area contributed by atoms with Gasteiger partial charge in [-0.2, -0.15) is 0 Å². The molecule has 0 bridgehead atoms. The molecule has 1 heterocycles. The zero-order chi connectivity index (χ0) is 13.0. The third-order valence-corrected chi connectivity index (χ3v) is 2.44. The summed E-state index contributed by atoms with van der Waals surface area (Å²) in [6.07, 6.45) is 3.36. The molecule has 90 valence electrons. The minimum absolute atomic E-state index is 0.0247. The maximum absolute atomic E-state index is 11.8. The quantitative estimate of drug-likeness (QED) is 0.344. The molecule has 0 aliphatic heterocycles. The number of benzene rings is 1. The Kier molecular flexibility index (Phi) is 3.48. The maximum Gasteiger partial charge on any atom is 0.202 e. The summed E-state index contributed by atoms with van der Waals surface area (Å²) in [6, 6.07) is 11.9. The van der Waals surface area contributed by atoms with E-state index in [1.165, 1.54) is 11.6 Å². The first-order valence-corrected chi connectivity index (χ1v) is 5.50. The lowest BCUT2D eigenvalue weighted by Crippen LogP contribution is -2.33. The van der Waals surface area contributed by atoms with Crippen molar-refractivity contribution in [3.05, 3.63) is 66.0 Å². The van der Waals surface area contributed by atoms with Gasteiger partial charge in [-0.1, -0.05) is 35.0 Å². The van der Waals surface area contributed by atoms with Crippen molar-refractivity contribution in [3.63, 3.8) is 0 Å². The summed E-state index contributed by atoms with van der Waals surface area (Å²) in [5.74, 6) is -0.371. The molecular formula is C14H12N2O2. The predicted molar refractivity (Wildman–Crippen MR) is 65.0 cm³/mol. The van der Waals surface area contributed by atoms with Crippen LogP contribution < -0.4 is 9.78 Å². The molecule has 0 saturated heterocycles. The zero-order valence-electron chi connectivity index (χ0n) is 9.91. The Morgan fingerprint density at radius 2 is 1.61 bits per heavy atom. The van der Waals surface area contributed by atoms with Crippen molar-refractivity contribution in [2.75, 3.05) is 0 Å². The molecule has 0 radical (unpaired) electrons. The molecule has 0 fully saturated rings. The van der Waals surface area contributed by atoms with E-state index in [4.69, 9.17) is 0 Å². The highest BCUT2D eigenvalue weighted by molar-refractivity contribution is 5.96. The number of Topliss-reactive ketones (excluding diaryl/α,β-unsaturated/α-hetero) is 1. The van der Waals surface area contributed by atoms with Crippen LogP contribution in [0.1, 0.15) is 22.8 Å². The third-order valence-electron chi connectivity index (χ3n) is 2.44. The van der Waals surface area contributed by atoms with Crippen LogP contribution in [0.2, 0.25) is 0 Å². The van der Waals surface area contributed by atoms with Gasteiger partial charge < -0.3 is 5.11 Å². The first kappa shape index (κ1) is 12.0. The molecule has 0 spiro atoms. The lowest BCUT2D eigenvalue weighted by molar-refractivity contribution is -0.681. The minimum atomic E-state index is -0.346. The number of aromatic nitrogens is 1. The van der Waals surface area contributed by atoms with Gasteiger partial charge in [0.25, 0.3) is 0 Å². The molecule has 4 heteroatoms. The van der Waals surface area contributed by atoms with Crippen LogP contribution in [-0.4, -0.2) is 11.7 Å². The molecule has 0 N–H and O–H groups in total. The molecular weight excluding hydrogens is 228 g/mol. The Morgan fingerprint density at radius 3 is 2.17 bits per heavy atom. The molecule has 4 nitrogen and oxygen atoms in total. The SMILES string of the molecule is CC(=O)c1ccc(/C([O-])=N/[n+]2ccccc2)cc1. The lowest BCUT2D eigenvalue weighted by Gasteiger charge is -2.07. The molecule has 2 rings (SSSR count). The summed E-state index contributed by atoms with van der Waals surface area (Å²) in [4.78, 5) is 11.1. The van der Waals surface area contributed by atoms with Gasteiger partial charge in [0.1, 0.15) is 0 Å². The zero-order valence-corrected chi connectivity index (χ0v) is 9.91. The molecule has 1 aromatic carbocycles. The van der Waals surface area contributed by atoms with Gasteiger partial charge in [0.05, 0.1) is 5.90 Å². The number of hydrogen-bond acceptors (Lipinski definition) is 3. The van der Waals surface area contributed by atoms with Gasteiger partial charge in [0, 0.05) is 17.7 Å². The highest BCUT2D eigenvalue weighted by Gasteiger charge is 2.01. The Morgan fingerprint density at radius 1 is 1.06 bits per heavy atom. The van der Waals surface area contributed by atoms with Gasteiger partial charge in [-0.3, -0.25) is 4.79 Å². The molecule has 0 aliphatic rings. The molecule has 0 unspecified atom stereocenters. The van der Waals surface area contributed by atoms with Crippen molar-refractivity contribution in [2.45, 2.75) is 6.92 Å². The fraction of sp³-hybridized carbons (Fsp3) is 0.0714. The van der Waals surface area contributed by atoms with Crippen LogP contribution in [0.15, 0.2) is 60.0 Å². The smallest absolute Gasteiger partial charge is 0.202 e. The van der Waals surface area contributed by atoms with Crippen LogP contribution in [0, 0.1) is 0 Å². The fourth-order valence-electron chi connectivity index (χ4n) is 1.47. The molecule has 0 atom stereocenters. The van der Waals surface area contributed by atoms with Gasteiger partial charge in [-0.25, -0.2) is 0 Å². The van der Waals surface area contributed by atoms with Gasteiger partial charge in [-0.15, -0.1) is 0 Å². The van der Waals surface area contributed by atoms with E-state index in [2.05, 4.69) is 5.10 Å². The molecule has 0 saturated carbocycles. The number of carbonyl (C=O) groups is 1. The summed E-state index contributed by atoms with van der Waals surface area (Å²) < 4.78 is 1.45. The second-order valence-corrected chi connectivity index (χ2v) is 3.79. The monoisotopic (exact) mass is 240 g/mol. The lowest BCUT2D eigenvalue weighted by atomic mass is 10.1. The van der Waals surface area contributed by atoms with E-state index >= 15 is 0 Å². The molecule has 1 aromatic heterocycles. The Bertz CT molecular complexity index is 575. The normalized spacial score (nSPS) is 11.3. The third kappa shape index (κ3) is 2.79. The number of ketones is 1. The van der Waals surface area contributed by atoms with Crippen LogP contribution >= 0.6 is 0 Å². The van der Waals surface area contributed by atoms with Crippen LogP contribution in [0.25, 0.3) is 0 Å². The predicted octanol–water partition coefficient (Wildman–Crippen LogP) is 0.747. The van der Waals surface area contributed by atoms with E-state index in [0.29, 0.717) is 11.1 Å². The Balaban J connectivity index is 2.26. The minimum Gasteiger partial charge on any atom is -0.854 e. The van der Waals surface area contributed by atoms with E-state index in [1.54, 1.807) is 48.8 Å². The van der Waals surface area contributed by atoms with Gasteiger partial charge >= 0.3 is 0 Å². The number of hydrogen-bond donors (Lipinski definition) is 0. The Labute approximate surface area is 105 Å². The average Bonchev–Trinajstić information content (AvgIpc) is 2.40. The summed E-state index contributed by atoms with van der Waals surface area (Å²) in [5.41, 5.74) is 1.04. The topological polar surface area (TPSA) is 56.4 Å². The van der Waals surface area contributed by atoms with Crippen molar-refractivity contribution in [1.82, 2.24) is 0 Å². The number of carbonyl (C=O) groups excluding carboxylic acids is 1. The van der Waals surface area contributed by atoms with Crippen molar-refractivity contribution >= 4 is 11.7 Å². The van der Waals surface area contributed by atoms with Gasteiger partial charge in [0.15, 0.2) is 5.78 Å². The van der Waals surface area contributed by atoms with Crippen LogP contribution in [0.4, 0.5) is 0 Å². The first-order chi connectivity index (χ1) is 8.66. The second-order valence-electron chi connectivity index (χ2n) is 3.79. The number of rotatable bonds is 3. The van der Waals surface area contributed by atoms with Gasteiger partial charge in [0.2, 0.25) is 12.4 Å². The largest absolute Gasteiger partial charge is 0.854 e. The first-order valence-electron chi connectivity index (χ1n) is 5.50. The summed E-state index contributed by atoms with van der Waals surface area (Å²) in [5, 5.41) is 15.7. The number of nitrogens with zero attached hydrogens (tertiary/aromatic N) is 2. The molecule has 2 aromatic rings. The highest BCUT2D eigenvalue weighted by atomic mass is 16.3. The second kappa shape index (κ2) is 5.23. The number of pyridine rings is 1. The van der Waals surface area contributed by atoms with Crippen LogP contribution in [0.5, 0.6) is 0 Å². The van der Waals surface area contributed by atoms with Crippen molar-refractivity contribution in [3.8, 4) is 0 Å². The van der Waals surface area contributed by atoms with Crippen LogP contribution in [0.3, 0.4) is 0 Å². The van der Waals surface area contributed by atoms with E-state index in [0.717, 1.165) is 0 Å². The molecule has 0 aliphatic carbocycles. The Hall–Kier alpha value is -2.49. The van der Waals surface area contributed by atoms with E-state index in [-0.39, 0.29) is 11.7 Å². The summed E-state index contributed by atoms with van der Waals surface area (Å²) in [6.45, 7) is 1.49. The fourth-order valence-corrected chi connectivity index (χ4v) is 1.47. The summed E-state index contributed by atoms with van der Waals surface area (Å²) in [7, 11) is 0. The van der Waals surface area contributed by atoms with Crippen molar-refractivity contribution in [1.29, 1.82) is 0 Å². The standard InChI is InChI=1S/C14H12N2O2/c1-11(17)12-5-7-13(8-6-12)14(18)15-16-9-3-2-4-10-16/h2-10H,1H3.